The first-order chi connectivity index (χ1) is 14.6. The second kappa shape index (κ2) is 9.12. The van der Waals surface area contributed by atoms with E-state index in [4.69, 9.17) is 23.2 Å². The van der Waals surface area contributed by atoms with Gasteiger partial charge in [0.1, 0.15) is 5.82 Å². The van der Waals surface area contributed by atoms with Gasteiger partial charge in [0.15, 0.2) is 0 Å². The summed E-state index contributed by atoms with van der Waals surface area (Å²) in [5.74, 6) is -0.170. The van der Waals surface area contributed by atoms with Crippen LogP contribution in [0.3, 0.4) is 0 Å². The Kier molecular flexibility index (Phi) is 6.72. The molecule has 0 fully saturated rings. The third kappa shape index (κ3) is 5.46. The molecule has 6 nitrogen and oxygen atoms in total. The number of amides is 2. The van der Waals surface area contributed by atoms with Crippen LogP contribution >= 0.6 is 23.2 Å². The molecule has 2 aromatic carbocycles. The molecule has 0 spiro atoms. The predicted octanol–water partition coefficient (Wildman–Crippen LogP) is 5.19. The molecule has 0 saturated heterocycles. The number of benzene rings is 2. The van der Waals surface area contributed by atoms with Crippen molar-refractivity contribution in [3.05, 3.63) is 75.9 Å². The number of hydrogen-bond acceptors (Lipinski definition) is 3. The Bertz CT molecular complexity index is 1100. The molecule has 3 rings (SSSR count). The average molecular weight is 459 g/mol. The number of halogens is 2. The fourth-order valence-corrected chi connectivity index (χ4v) is 3.27. The van der Waals surface area contributed by atoms with Gasteiger partial charge in [-0.3, -0.25) is 9.59 Å². The topological polar surface area (TPSA) is 67.2 Å². The Hall–Kier alpha value is -2.83. The van der Waals surface area contributed by atoms with Gasteiger partial charge in [-0.15, -0.1) is 0 Å². The minimum atomic E-state index is -0.349. The van der Waals surface area contributed by atoms with Gasteiger partial charge < -0.3 is 10.2 Å². The molecule has 0 saturated carbocycles. The lowest BCUT2D eigenvalue weighted by molar-refractivity contribution is -0.116. The quantitative estimate of drug-likeness (QED) is 0.571. The molecule has 0 aliphatic rings. The molecule has 0 aliphatic carbocycles. The first kappa shape index (κ1) is 22.8. The smallest absolute Gasteiger partial charge is 0.255 e. The number of nitrogens with zero attached hydrogens (tertiary/aromatic N) is 3. The summed E-state index contributed by atoms with van der Waals surface area (Å²) < 4.78 is 1.66. The van der Waals surface area contributed by atoms with Gasteiger partial charge in [0.2, 0.25) is 5.91 Å². The molecular formula is C23H24Cl2N4O2. The molecule has 1 N–H and O–H groups in total. The monoisotopic (exact) mass is 458 g/mol. The van der Waals surface area contributed by atoms with Crippen molar-refractivity contribution in [1.29, 1.82) is 0 Å². The number of carbonyl (C=O) groups excluding carboxylic acids is 2. The maximum Gasteiger partial charge on any atom is 0.255 e. The Labute approximate surface area is 191 Å². The number of anilines is 1. The van der Waals surface area contributed by atoms with Crippen molar-refractivity contribution >= 4 is 40.8 Å². The van der Waals surface area contributed by atoms with Gasteiger partial charge in [-0.2, -0.15) is 5.10 Å². The second-order valence-electron chi connectivity index (χ2n) is 8.24. The minimum absolute atomic E-state index is 0.138. The van der Waals surface area contributed by atoms with Crippen LogP contribution in [0.4, 0.5) is 5.82 Å². The van der Waals surface area contributed by atoms with E-state index in [1.807, 2.05) is 39.0 Å². The highest BCUT2D eigenvalue weighted by molar-refractivity contribution is 6.33. The Morgan fingerprint density at radius 3 is 2.32 bits per heavy atom. The third-order valence-electron chi connectivity index (χ3n) is 4.65. The van der Waals surface area contributed by atoms with Crippen molar-refractivity contribution in [2.75, 3.05) is 18.9 Å². The van der Waals surface area contributed by atoms with Crippen molar-refractivity contribution in [3.63, 3.8) is 0 Å². The summed E-state index contributed by atoms with van der Waals surface area (Å²) in [6.07, 6.45) is 0. The van der Waals surface area contributed by atoms with Crippen molar-refractivity contribution in [2.24, 2.45) is 0 Å². The van der Waals surface area contributed by atoms with Gasteiger partial charge in [-0.25, -0.2) is 4.68 Å². The van der Waals surface area contributed by atoms with Crippen molar-refractivity contribution < 1.29 is 9.59 Å². The predicted molar refractivity (Wildman–Crippen MR) is 124 cm³/mol. The Balaban J connectivity index is 1.81. The normalized spacial score (nSPS) is 11.3. The number of rotatable bonds is 5. The number of carbonyl (C=O) groups is 2. The van der Waals surface area contributed by atoms with Crippen LogP contribution < -0.4 is 5.32 Å². The standard InChI is InChI=1S/C23H24Cl2N4O2/c1-23(2,3)19-13-20(29(27-19)16-11-9-15(24)10-12-16)26-21(30)14-28(4)22(31)17-7-5-6-8-18(17)25/h5-13H,14H2,1-4H3,(H,26,30). The van der Waals surface area contributed by atoms with Crippen LogP contribution in [0.2, 0.25) is 10.0 Å². The number of nitrogens with one attached hydrogen (secondary N) is 1. The van der Waals surface area contributed by atoms with E-state index < -0.39 is 0 Å². The Morgan fingerprint density at radius 2 is 1.71 bits per heavy atom. The third-order valence-corrected chi connectivity index (χ3v) is 5.23. The van der Waals surface area contributed by atoms with Crippen LogP contribution in [0.1, 0.15) is 36.8 Å². The van der Waals surface area contributed by atoms with Crippen LogP contribution in [0.25, 0.3) is 5.69 Å². The molecule has 0 unspecified atom stereocenters. The highest BCUT2D eigenvalue weighted by Gasteiger charge is 2.23. The average Bonchev–Trinajstić information content (AvgIpc) is 3.12. The van der Waals surface area contributed by atoms with E-state index in [2.05, 4.69) is 10.4 Å². The first-order valence-corrected chi connectivity index (χ1v) is 10.5. The summed E-state index contributed by atoms with van der Waals surface area (Å²) in [5, 5.41) is 8.49. The van der Waals surface area contributed by atoms with Crippen LogP contribution in [-0.2, 0) is 10.2 Å². The van der Waals surface area contributed by atoms with E-state index in [9.17, 15) is 9.59 Å². The summed E-state index contributed by atoms with van der Waals surface area (Å²) in [6, 6.07) is 15.7. The largest absolute Gasteiger partial charge is 0.332 e. The molecule has 31 heavy (non-hydrogen) atoms. The van der Waals surface area contributed by atoms with Crippen LogP contribution in [0, 0.1) is 0 Å². The molecule has 0 bridgehead atoms. The van der Waals surface area contributed by atoms with E-state index >= 15 is 0 Å². The van der Waals surface area contributed by atoms with Gasteiger partial charge in [-0.05, 0) is 36.4 Å². The molecule has 1 aromatic heterocycles. The number of hydrogen-bond donors (Lipinski definition) is 1. The van der Waals surface area contributed by atoms with E-state index in [1.54, 1.807) is 48.1 Å². The number of aromatic nitrogens is 2. The number of likely N-dealkylation sites (N-methyl/N-ethyl adjacent to an activating group) is 1. The van der Waals surface area contributed by atoms with Crippen molar-refractivity contribution in [1.82, 2.24) is 14.7 Å². The summed E-state index contributed by atoms with van der Waals surface area (Å²) in [4.78, 5) is 26.7. The molecular weight excluding hydrogens is 435 g/mol. The lowest BCUT2D eigenvalue weighted by atomic mass is 9.92. The van der Waals surface area contributed by atoms with Gasteiger partial charge in [0.25, 0.3) is 5.91 Å². The zero-order chi connectivity index (χ0) is 22.8. The lowest BCUT2D eigenvalue weighted by Gasteiger charge is -2.17. The summed E-state index contributed by atoms with van der Waals surface area (Å²) in [5.41, 5.74) is 1.71. The zero-order valence-electron chi connectivity index (χ0n) is 17.8. The van der Waals surface area contributed by atoms with Gasteiger partial charge in [0, 0.05) is 23.6 Å². The maximum atomic E-state index is 12.7. The first-order valence-electron chi connectivity index (χ1n) is 9.72. The fraction of sp³-hybridized carbons (Fsp3) is 0.261. The molecule has 0 aliphatic heterocycles. The van der Waals surface area contributed by atoms with E-state index in [0.29, 0.717) is 21.4 Å². The molecule has 162 valence electrons. The van der Waals surface area contributed by atoms with Crippen LogP contribution in [-0.4, -0.2) is 40.1 Å². The fourth-order valence-electron chi connectivity index (χ4n) is 2.93. The summed E-state index contributed by atoms with van der Waals surface area (Å²) in [6.45, 7) is 6.00. The summed E-state index contributed by atoms with van der Waals surface area (Å²) in [7, 11) is 1.56. The molecule has 1 heterocycles. The van der Waals surface area contributed by atoms with Gasteiger partial charge >= 0.3 is 0 Å². The minimum Gasteiger partial charge on any atom is -0.332 e. The molecule has 0 radical (unpaired) electrons. The Morgan fingerprint density at radius 1 is 1.06 bits per heavy atom. The molecule has 2 amide bonds. The zero-order valence-corrected chi connectivity index (χ0v) is 19.3. The van der Waals surface area contributed by atoms with Crippen molar-refractivity contribution in [2.45, 2.75) is 26.2 Å². The lowest BCUT2D eigenvalue weighted by Crippen LogP contribution is -2.35. The van der Waals surface area contributed by atoms with Crippen LogP contribution in [0.15, 0.2) is 54.6 Å². The van der Waals surface area contributed by atoms with Crippen molar-refractivity contribution in [3.8, 4) is 5.69 Å². The molecule has 8 heteroatoms. The van der Waals surface area contributed by atoms with Gasteiger partial charge in [0.05, 0.1) is 28.5 Å². The summed E-state index contributed by atoms with van der Waals surface area (Å²) >= 11 is 12.1. The highest BCUT2D eigenvalue weighted by atomic mass is 35.5. The maximum absolute atomic E-state index is 12.7. The SMILES string of the molecule is CN(CC(=O)Nc1cc(C(C)(C)C)nn1-c1ccc(Cl)cc1)C(=O)c1ccccc1Cl. The van der Waals surface area contributed by atoms with E-state index in [-0.39, 0.29) is 23.8 Å². The van der Waals surface area contributed by atoms with E-state index in [1.165, 1.54) is 4.90 Å². The highest BCUT2D eigenvalue weighted by Crippen LogP contribution is 2.27. The van der Waals surface area contributed by atoms with Gasteiger partial charge in [-0.1, -0.05) is 56.1 Å². The molecule has 3 aromatic rings. The second-order valence-corrected chi connectivity index (χ2v) is 9.09. The van der Waals surface area contributed by atoms with E-state index in [0.717, 1.165) is 11.4 Å². The van der Waals surface area contributed by atoms with Crippen LogP contribution in [0.5, 0.6) is 0 Å². The molecule has 0 atom stereocenters.